The van der Waals surface area contributed by atoms with Gasteiger partial charge in [0.15, 0.2) is 6.79 Å². The molecule has 0 saturated heterocycles. The van der Waals surface area contributed by atoms with Crippen molar-refractivity contribution in [2.75, 3.05) is 6.79 Å². The summed E-state index contributed by atoms with van der Waals surface area (Å²) in [6, 6.07) is 15.5. The minimum atomic E-state index is -5.00. The van der Waals surface area contributed by atoms with Crippen molar-refractivity contribution in [2.45, 2.75) is 25.0 Å². The minimum Gasteiger partial charge on any atom is -0.435 e. The largest absolute Gasteiger partial charge is 0.524 e. The number of carbonyl (C=O) groups is 1. The molecule has 46 heavy (non-hydrogen) atoms. The molecule has 3 aromatic carbocycles. The number of carbonyl (C=O) groups excluding carboxylic acids is 1. The summed E-state index contributed by atoms with van der Waals surface area (Å²) in [7, 11) is -5.00. The molecule has 2 N–H and O–H groups in total. The topological polar surface area (TPSA) is 158 Å². The van der Waals surface area contributed by atoms with Gasteiger partial charge in [0.25, 0.3) is 0 Å². The van der Waals surface area contributed by atoms with E-state index in [-0.39, 0.29) is 17.7 Å². The first-order valence-corrected chi connectivity index (χ1v) is 15.9. The maximum atomic E-state index is 15.7. The van der Waals surface area contributed by atoms with Crippen LogP contribution in [-0.4, -0.2) is 49.0 Å². The molecular weight excluding hydrogens is 643 g/mol. The van der Waals surface area contributed by atoms with Crippen LogP contribution in [0.4, 0.5) is 14.5 Å². The summed E-state index contributed by atoms with van der Waals surface area (Å²) in [6.45, 7) is 4.32. The van der Waals surface area contributed by atoms with E-state index in [1.54, 1.807) is 19.1 Å². The van der Waals surface area contributed by atoms with Crippen molar-refractivity contribution in [3.8, 4) is 17.0 Å². The zero-order chi connectivity index (χ0) is 32.9. The number of benzene rings is 3. The number of aromatic nitrogens is 4. The number of nitrogens with zero attached hydrogens (tertiary/aromatic N) is 5. The number of para-hydroxylation sites is 1. The van der Waals surface area contributed by atoms with Gasteiger partial charge in [0.2, 0.25) is 0 Å². The predicted molar refractivity (Wildman–Crippen MR) is 164 cm³/mol. The average molecular weight is 670 g/mol. The van der Waals surface area contributed by atoms with Crippen LogP contribution < -0.4 is 4.52 Å². The number of hydrogen-bond donors (Lipinski definition) is 2. The second kappa shape index (κ2) is 13.8. The highest BCUT2D eigenvalue weighted by molar-refractivity contribution is 7.46. The summed E-state index contributed by atoms with van der Waals surface area (Å²) in [5.41, 5.74) is 0.0353. The highest BCUT2D eigenvalue weighted by Gasteiger charge is 2.45. The zero-order valence-corrected chi connectivity index (χ0v) is 25.8. The van der Waals surface area contributed by atoms with Crippen molar-refractivity contribution in [3.05, 3.63) is 113 Å². The summed E-state index contributed by atoms with van der Waals surface area (Å²) >= 11 is 1.28. The van der Waals surface area contributed by atoms with Crippen molar-refractivity contribution >= 4 is 37.5 Å². The van der Waals surface area contributed by atoms with Gasteiger partial charge in [-0.15, -0.1) is 11.3 Å². The van der Waals surface area contributed by atoms with E-state index in [4.69, 9.17) is 14.5 Å². The summed E-state index contributed by atoms with van der Waals surface area (Å²) in [5.74, 6) is -3.96. The number of aliphatic imine (C=N–C) groups is 1. The van der Waals surface area contributed by atoms with Crippen LogP contribution in [0.1, 0.15) is 33.8 Å². The van der Waals surface area contributed by atoms with E-state index in [1.165, 1.54) is 59.0 Å². The van der Waals surface area contributed by atoms with E-state index in [2.05, 4.69) is 26.3 Å². The quantitative estimate of drug-likeness (QED) is 0.0658. The maximum absolute atomic E-state index is 15.7. The Morgan fingerprint density at radius 2 is 1.91 bits per heavy atom. The Kier molecular flexibility index (Phi) is 9.79. The van der Waals surface area contributed by atoms with Gasteiger partial charge in [-0.2, -0.15) is 5.10 Å². The lowest BCUT2D eigenvalue weighted by atomic mass is 9.81. The summed E-state index contributed by atoms with van der Waals surface area (Å²) in [5, 5.41) is 6.49. The standard InChI is InChI=1S/C30H26F2N5O7PS/c1-19(28-36-26(14-46-28)20-7-10-22(33-2)11-8-20)30(15-37-17-34-16-35-37,24-12-9-21(31)13-25(24)32)43-18-42-29(38)23-5-3-4-6-27(23)44-45(39,40)41/h3-14,16-17,19H,2,15,18H2,1H3,(H2,39,40,41)/t19-,30?/m0/s1. The third-order valence-corrected chi connectivity index (χ3v) is 8.48. The summed E-state index contributed by atoms with van der Waals surface area (Å²) < 4.78 is 58.8. The van der Waals surface area contributed by atoms with E-state index in [9.17, 15) is 23.5 Å². The van der Waals surface area contributed by atoms with E-state index in [0.717, 1.165) is 11.6 Å². The van der Waals surface area contributed by atoms with Gasteiger partial charge in [0, 0.05) is 28.5 Å². The number of thiazole rings is 1. The minimum absolute atomic E-state index is 0.0728. The van der Waals surface area contributed by atoms with Crippen LogP contribution >= 0.6 is 19.2 Å². The molecule has 0 amide bonds. The van der Waals surface area contributed by atoms with Gasteiger partial charge in [0.05, 0.1) is 22.9 Å². The van der Waals surface area contributed by atoms with Crippen LogP contribution in [0, 0.1) is 11.6 Å². The molecule has 12 nitrogen and oxygen atoms in total. The van der Waals surface area contributed by atoms with Crippen LogP contribution in [0.25, 0.3) is 11.3 Å². The number of hydrogen-bond acceptors (Lipinski definition) is 10. The van der Waals surface area contributed by atoms with E-state index < -0.39 is 49.5 Å². The second-order valence-electron chi connectivity index (χ2n) is 9.88. The smallest absolute Gasteiger partial charge is 0.435 e. The molecule has 238 valence electrons. The Morgan fingerprint density at radius 1 is 1.15 bits per heavy atom. The second-order valence-corrected chi connectivity index (χ2v) is 11.9. The maximum Gasteiger partial charge on any atom is 0.524 e. The van der Waals surface area contributed by atoms with Crippen LogP contribution in [-0.2, 0) is 26.2 Å². The first-order chi connectivity index (χ1) is 22.0. The zero-order valence-electron chi connectivity index (χ0n) is 24.1. The average Bonchev–Trinajstić information content (AvgIpc) is 3.73. The highest BCUT2D eigenvalue weighted by atomic mass is 32.1. The summed E-state index contributed by atoms with van der Waals surface area (Å²) in [6.07, 6.45) is 2.66. The lowest BCUT2D eigenvalue weighted by molar-refractivity contribution is -0.148. The van der Waals surface area contributed by atoms with Gasteiger partial charge < -0.3 is 14.0 Å². The Bertz CT molecular complexity index is 1880. The molecule has 16 heteroatoms. The number of esters is 1. The molecule has 2 atom stereocenters. The van der Waals surface area contributed by atoms with Crippen molar-refractivity contribution in [2.24, 2.45) is 4.99 Å². The lowest BCUT2D eigenvalue weighted by Crippen LogP contribution is -2.42. The molecule has 0 spiro atoms. The van der Waals surface area contributed by atoms with Crippen molar-refractivity contribution in [1.29, 1.82) is 0 Å². The number of ether oxygens (including phenoxy) is 2. The van der Waals surface area contributed by atoms with Crippen molar-refractivity contribution in [3.63, 3.8) is 0 Å². The van der Waals surface area contributed by atoms with Crippen LogP contribution in [0.15, 0.2) is 89.8 Å². The fraction of sp³-hybridized carbons (Fsp3) is 0.167. The van der Waals surface area contributed by atoms with E-state index in [0.29, 0.717) is 22.5 Å². The first-order valence-electron chi connectivity index (χ1n) is 13.4. The van der Waals surface area contributed by atoms with Gasteiger partial charge in [-0.1, -0.05) is 37.3 Å². The number of rotatable bonds is 13. The molecule has 0 bridgehead atoms. The molecule has 5 rings (SSSR count). The fourth-order valence-corrected chi connectivity index (χ4v) is 6.14. The molecule has 0 radical (unpaired) electrons. The molecule has 0 aliphatic carbocycles. The Morgan fingerprint density at radius 3 is 2.59 bits per heavy atom. The third kappa shape index (κ3) is 7.41. The third-order valence-electron chi connectivity index (χ3n) is 7.02. The number of phosphoric ester groups is 1. The fourth-order valence-electron chi connectivity index (χ4n) is 4.76. The molecule has 0 fully saturated rings. The molecule has 0 saturated carbocycles. The highest BCUT2D eigenvalue weighted by Crippen LogP contribution is 2.45. The Labute approximate surface area is 265 Å². The van der Waals surface area contributed by atoms with Crippen LogP contribution in [0.5, 0.6) is 5.75 Å². The van der Waals surface area contributed by atoms with Crippen LogP contribution in [0.2, 0.25) is 0 Å². The SMILES string of the molecule is C=Nc1ccc(-c2csc([C@H](C)C(Cn3cncn3)(OCOC(=O)c3ccccc3OP(=O)(O)O)c3ccc(F)cc3F)n2)cc1. The van der Waals surface area contributed by atoms with Crippen molar-refractivity contribution in [1.82, 2.24) is 19.7 Å². The Balaban J connectivity index is 1.52. The van der Waals surface area contributed by atoms with Gasteiger partial charge in [-0.05, 0) is 37.0 Å². The molecule has 0 aliphatic heterocycles. The molecule has 0 aliphatic rings. The van der Waals surface area contributed by atoms with E-state index in [1.807, 2.05) is 17.5 Å². The number of phosphoric acid groups is 1. The lowest BCUT2D eigenvalue weighted by Gasteiger charge is -2.38. The molecule has 1 unspecified atom stereocenters. The summed E-state index contributed by atoms with van der Waals surface area (Å²) in [4.78, 5) is 44.2. The monoisotopic (exact) mass is 669 g/mol. The molecule has 2 aromatic heterocycles. The van der Waals surface area contributed by atoms with Gasteiger partial charge in [-0.3, -0.25) is 14.8 Å². The molecule has 5 aromatic rings. The molecule has 2 heterocycles. The van der Waals surface area contributed by atoms with E-state index >= 15 is 4.39 Å². The van der Waals surface area contributed by atoms with Gasteiger partial charge >= 0.3 is 13.8 Å². The van der Waals surface area contributed by atoms with Gasteiger partial charge in [-0.25, -0.2) is 32.8 Å². The molecular formula is C30H26F2N5O7PS. The van der Waals surface area contributed by atoms with Gasteiger partial charge in [0.1, 0.15) is 41.2 Å². The number of halogens is 2. The first kappa shape index (κ1) is 32.7. The van der Waals surface area contributed by atoms with Crippen LogP contribution in [0.3, 0.4) is 0 Å². The van der Waals surface area contributed by atoms with Crippen molar-refractivity contribution < 1.29 is 41.9 Å². The predicted octanol–water partition coefficient (Wildman–Crippen LogP) is 6.01. The normalized spacial score (nSPS) is 13.5. The Hall–Kier alpha value is -4.66.